The van der Waals surface area contributed by atoms with Crippen LogP contribution in [0.3, 0.4) is 0 Å². The molecule has 2 rings (SSSR count). The third-order valence-corrected chi connectivity index (χ3v) is 4.90. The Labute approximate surface area is 157 Å². The lowest BCUT2D eigenvalue weighted by atomic mass is 10.1. The smallest absolute Gasteiger partial charge is 0.251 e. The molecule has 6 heteroatoms. The van der Waals surface area contributed by atoms with Crippen LogP contribution in [0.25, 0.3) is 0 Å². The molecule has 0 radical (unpaired) electrons. The van der Waals surface area contributed by atoms with Crippen LogP contribution >= 0.6 is 23.4 Å². The number of carbonyl (C=O) groups excluding carboxylic acids is 2. The van der Waals surface area contributed by atoms with Gasteiger partial charge in [0.2, 0.25) is 5.91 Å². The van der Waals surface area contributed by atoms with Crippen molar-refractivity contribution in [1.82, 2.24) is 10.2 Å². The first kappa shape index (κ1) is 19.3. The lowest BCUT2D eigenvalue weighted by molar-refractivity contribution is -0.127. The SMILES string of the molecule is CNC(=O)c1ccc(CN(C)C(=O)CSCc2cccc(Cl)c2)cc1. The van der Waals surface area contributed by atoms with Gasteiger partial charge < -0.3 is 10.2 Å². The van der Waals surface area contributed by atoms with Gasteiger partial charge in [-0.25, -0.2) is 0 Å². The highest BCUT2D eigenvalue weighted by atomic mass is 35.5. The number of amides is 2. The highest BCUT2D eigenvalue weighted by Crippen LogP contribution is 2.17. The molecule has 0 aliphatic rings. The van der Waals surface area contributed by atoms with Gasteiger partial charge in [0.25, 0.3) is 5.91 Å². The molecule has 0 unspecified atom stereocenters. The van der Waals surface area contributed by atoms with Crippen molar-refractivity contribution in [1.29, 1.82) is 0 Å². The molecule has 0 aliphatic carbocycles. The Morgan fingerprint density at radius 1 is 1.12 bits per heavy atom. The van der Waals surface area contributed by atoms with Gasteiger partial charge in [-0.15, -0.1) is 11.8 Å². The highest BCUT2D eigenvalue weighted by Gasteiger charge is 2.10. The fraction of sp³-hybridized carbons (Fsp3) is 0.263. The summed E-state index contributed by atoms with van der Waals surface area (Å²) in [6, 6.07) is 14.9. The average molecular weight is 377 g/mol. The number of nitrogens with zero attached hydrogens (tertiary/aromatic N) is 1. The number of halogens is 1. The van der Waals surface area contributed by atoms with Gasteiger partial charge in [0.05, 0.1) is 5.75 Å². The standard InChI is InChI=1S/C19H21ClN2O2S/c1-21-19(24)16-8-6-14(7-9-16)11-22(2)18(23)13-25-12-15-4-3-5-17(20)10-15/h3-10H,11-13H2,1-2H3,(H,21,24). The summed E-state index contributed by atoms with van der Waals surface area (Å²) < 4.78 is 0. The van der Waals surface area contributed by atoms with Crippen LogP contribution in [0.4, 0.5) is 0 Å². The predicted octanol–water partition coefficient (Wildman–Crippen LogP) is 3.59. The number of hydrogen-bond acceptors (Lipinski definition) is 3. The van der Waals surface area contributed by atoms with Crippen molar-refractivity contribution in [3.63, 3.8) is 0 Å². The number of nitrogens with one attached hydrogen (secondary N) is 1. The average Bonchev–Trinajstić information content (AvgIpc) is 2.61. The van der Waals surface area contributed by atoms with Crippen LogP contribution in [0, 0.1) is 0 Å². The number of hydrogen-bond donors (Lipinski definition) is 1. The minimum absolute atomic E-state index is 0.0717. The van der Waals surface area contributed by atoms with Gasteiger partial charge in [0.15, 0.2) is 0 Å². The van der Waals surface area contributed by atoms with E-state index >= 15 is 0 Å². The van der Waals surface area contributed by atoms with Crippen molar-refractivity contribution in [2.24, 2.45) is 0 Å². The van der Waals surface area contributed by atoms with Gasteiger partial charge in [-0.1, -0.05) is 35.9 Å². The molecular formula is C19H21ClN2O2S. The molecule has 0 aromatic heterocycles. The Bertz CT molecular complexity index is 734. The number of carbonyl (C=O) groups is 2. The minimum Gasteiger partial charge on any atom is -0.355 e. The van der Waals surface area contributed by atoms with Crippen molar-refractivity contribution >= 4 is 35.2 Å². The summed E-state index contributed by atoms with van der Waals surface area (Å²) in [6.45, 7) is 0.518. The lowest BCUT2D eigenvalue weighted by Crippen LogP contribution is -2.27. The molecule has 0 saturated carbocycles. The molecule has 2 amide bonds. The van der Waals surface area contributed by atoms with Crippen LogP contribution in [0.1, 0.15) is 21.5 Å². The molecule has 0 aliphatic heterocycles. The summed E-state index contributed by atoms with van der Waals surface area (Å²) in [6.07, 6.45) is 0. The van der Waals surface area contributed by atoms with Crippen molar-refractivity contribution in [3.05, 3.63) is 70.2 Å². The molecule has 2 aromatic carbocycles. The lowest BCUT2D eigenvalue weighted by Gasteiger charge is -2.17. The normalized spacial score (nSPS) is 10.4. The number of thioether (sulfide) groups is 1. The van der Waals surface area contributed by atoms with Crippen LogP contribution in [0.15, 0.2) is 48.5 Å². The van der Waals surface area contributed by atoms with E-state index in [0.29, 0.717) is 22.9 Å². The molecule has 1 N–H and O–H groups in total. The van der Waals surface area contributed by atoms with E-state index in [4.69, 9.17) is 11.6 Å². The first-order chi connectivity index (χ1) is 12.0. The fourth-order valence-electron chi connectivity index (χ4n) is 2.26. The maximum Gasteiger partial charge on any atom is 0.251 e. The zero-order valence-electron chi connectivity index (χ0n) is 14.3. The third kappa shape index (κ3) is 6.11. The Morgan fingerprint density at radius 3 is 2.48 bits per heavy atom. The van der Waals surface area contributed by atoms with Crippen molar-refractivity contribution in [2.45, 2.75) is 12.3 Å². The van der Waals surface area contributed by atoms with E-state index in [0.717, 1.165) is 16.9 Å². The predicted molar refractivity (Wildman–Crippen MR) is 104 cm³/mol. The van der Waals surface area contributed by atoms with Crippen LogP contribution in [0.2, 0.25) is 5.02 Å². The van der Waals surface area contributed by atoms with E-state index in [9.17, 15) is 9.59 Å². The quantitative estimate of drug-likeness (QED) is 0.803. The second kappa shape index (κ2) is 9.49. The Balaban J connectivity index is 1.80. The van der Waals surface area contributed by atoms with Gasteiger partial charge in [0, 0.05) is 37.0 Å². The molecule has 132 valence electrons. The third-order valence-electron chi connectivity index (χ3n) is 3.67. The molecular weight excluding hydrogens is 356 g/mol. The highest BCUT2D eigenvalue weighted by molar-refractivity contribution is 7.99. The van der Waals surface area contributed by atoms with Crippen molar-refractivity contribution < 1.29 is 9.59 Å². The topological polar surface area (TPSA) is 49.4 Å². The van der Waals surface area contributed by atoms with E-state index in [2.05, 4.69) is 5.32 Å². The molecule has 0 saturated heterocycles. The maximum atomic E-state index is 12.2. The van der Waals surface area contributed by atoms with Crippen LogP contribution in [-0.2, 0) is 17.1 Å². The second-order valence-corrected chi connectivity index (χ2v) is 7.07. The van der Waals surface area contributed by atoms with Gasteiger partial charge in [-0.05, 0) is 35.4 Å². The maximum absolute atomic E-state index is 12.2. The molecule has 0 atom stereocenters. The summed E-state index contributed by atoms with van der Waals surface area (Å²) in [5.41, 5.74) is 2.71. The van der Waals surface area contributed by atoms with E-state index in [1.54, 1.807) is 42.9 Å². The molecule has 0 fully saturated rings. The van der Waals surface area contributed by atoms with E-state index in [1.807, 2.05) is 36.4 Å². The van der Waals surface area contributed by atoms with Crippen LogP contribution in [0.5, 0.6) is 0 Å². The van der Waals surface area contributed by atoms with Crippen LogP contribution in [-0.4, -0.2) is 36.6 Å². The monoisotopic (exact) mass is 376 g/mol. The number of benzene rings is 2. The minimum atomic E-state index is -0.117. The molecule has 2 aromatic rings. The van der Waals surface area contributed by atoms with E-state index in [-0.39, 0.29) is 11.8 Å². The van der Waals surface area contributed by atoms with Gasteiger partial charge in [-0.3, -0.25) is 9.59 Å². The first-order valence-corrected chi connectivity index (χ1v) is 9.40. The van der Waals surface area contributed by atoms with Gasteiger partial charge >= 0.3 is 0 Å². The molecule has 4 nitrogen and oxygen atoms in total. The van der Waals surface area contributed by atoms with E-state index < -0.39 is 0 Å². The Morgan fingerprint density at radius 2 is 1.84 bits per heavy atom. The van der Waals surface area contributed by atoms with Crippen LogP contribution < -0.4 is 5.32 Å². The van der Waals surface area contributed by atoms with Crippen molar-refractivity contribution in [3.8, 4) is 0 Å². The fourth-order valence-corrected chi connectivity index (χ4v) is 3.39. The zero-order valence-corrected chi connectivity index (χ0v) is 15.9. The van der Waals surface area contributed by atoms with Gasteiger partial charge in [0.1, 0.15) is 0 Å². The van der Waals surface area contributed by atoms with Gasteiger partial charge in [-0.2, -0.15) is 0 Å². The summed E-state index contributed by atoms with van der Waals surface area (Å²) >= 11 is 7.53. The summed E-state index contributed by atoms with van der Waals surface area (Å²) in [7, 11) is 3.39. The zero-order chi connectivity index (χ0) is 18.2. The Hall–Kier alpha value is -1.98. The first-order valence-electron chi connectivity index (χ1n) is 7.87. The molecule has 0 spiro atoms. The molecule has 0 heterocycles. The Kier molecular flexibility index (Phi) is 7.34. The largest absolute Gasteiger partial charge is 0.355 e. The number of rotatable bonds is 7. The summed E-state index contributed by atoms with van der Waals surface area (Å²) in [4.78, 5) is 25.5. The molecule has 0 bridgehead atoms. The summed E-state index contributed by atoms with van der Waals surface area (Å²) in [5, 5.41) is 3.30. The summed E-state index contributed by atoms with van der Waals surface area (Å²) in [5.74, 6) is 1.12. The van der Waals surface area contributed by atoms with Crippen molar-refractivity contribution in [2.75, 3.05) is 19.8 Å². The van der Waals surface area contributed by atoms with E-state index in [1.165, 1.54) is 0 Å². The molecule has 25 heavy (non-hydrogen) atoms. The second-order valence-electron chi connectivity index (χ2n) is 5.65.